The number of rotatable bonds is 42. The Morgan fingerprint density at radius 3 is 1.48 bits per heavy atom. The van der Waals surface area contributed by atoms with Crippen molar-refractivity contribution < 1.29 is 44.2 Å². The van der Waals surface area contributed by atoms with Crippen molar-refractivity contribution in [1.82, 2.24) is 0 Å². The van der Waals surface area contributed by atoms with Gasteiger partial charge in [0.25, 0.3) is 0 Å². The average molecular weight is 861 g/mol. The zero-order valence-corrected chi connectivity index (χ0v) is 38.9. The summed E-state index contributed by atoms with van der Waals surface area (Å²) in [4.78, 5) is 12.8. The summed E-state index contributed by atoms with van der Waals surface area (Å²) < 4.78 is 22.8. The molecule has 1 heterocycles. The maximum atomic E-state index is 12.8. The van der Waals surface area contributed by atoms with Crippen LogP contribution in [0.3, 0.4) is 0 Å². The third-order valence-electron chi connectivity index (χ3n) is 11.2. The van der Waals surface area contributed by atoms with E-state index in [9.17, 15) is 25.2 Å². The number of esters is 1. The van der Waals surface area contributed by atoms with Crippen molar-refractivity contribution >= 4 is 5.97 Å². The average Bonchev–Trinajstić information content (AvgIpc) is 3.26. The lowest BCUT2D eigenvalue weighted by Crippen LogP contribution is -2.59. The molecule has 1 aliphatic heterocycles. The fourth-order valence-corrected chi connectivity index (χ4v) is 7.22. The summed E-state index contributed by atoms with van der Waals surface area (Å²) in [6, 6.07) is 0. The molecule has 0 aromatic rings. The van der Waals surface area contributed by atoms with Gasteiger partial charge in [-0.3, -0.25) is 4.79 Å². The molecule has 0 aromatic carbocycles. The number of carbonyl (C=O) groups is 1. The molecule has 0 amide bonds. The molecule has 1 rings (SSSR count). The van der Waals surface area contributed by atoms with Gasteiger partial charge in [-0.1, -0.05) is 177 Å². The van der Waals surface area contributed by atoms with Crippen molar-refractivity contribution in [2.75, 3.05) is 26.4 Å². The number of hydrogen-bond donors (Lipinski definition) is 4. The standard InChI is InChI=1S/C52H92O9/c1-3-5-7-9-11-13-15-17-19-20-21-22-23-24-25-26-27-29-31-33-35-37-39-41-48(54)60-46(45-59-52-51(57)50(56)49(55)47(43-53)61-52)44-58-42-40-38-36-34-32-30-28-18-16-14-12-10-8-6-4-2/h10,12,15-18,20-21,23-24,46-47,49-53,55-57H,3-9,11,13-14,19,22,25-45H2,1-2H3/b12-10-,17-15-,18-16-,21-20-,24-23-. The monoisotopic (exact) mass is 861 g/mol. The van der Waals surface area contributed by atoms with Crippen molar-refractivity contribution in [3.8, 4) is 0 Å². The Bertz CT molecular complexity index is 1120. The molecule has 6 atom stereocenters. The van der Waals surface area contributed by atoms with Crippen LogP contribution in [0.25, 0.3) is 0 Å². The fraction of sp³-hybridized carbons (Fsp3) is 0.788. The van der Waals surface area contributed by atoms with Gasteiger partial charge in [0.2, 0.25) is 0 Å². The van der Waals surface area contributed by atoms with Crippen LogP contribution in [0.4, 0.5) is 0 Å². The highest BCUT2D eigenvalue weighted by Gasteiger charge is 2.44. The van der Waals surface area contributed by atoms with Crippen molar-refractivity contribution in [1.29, 1.82) is 0 Å². The SMILES string of the molecule is CCCC/C=C\C/C=C\CCCCCCCCOCC(COC1OC(CO)C(O)C(O)C1O)OC(=O)CCCCCCCCCC/C=C\C/C=C\C/C=C\CCCCCCC. The van der Waals surface area contributed by atoms with E-state index in [0.717, 1.165) is 70.6 Å². The molecule has 6 unspecified atom stereocenters. The first-order valence-electron chi connectivity index (χ1n) is 24.9. The molecule has 61 heavy (non-hydrogen) atoms. The van der Waals surface area contributed by atoms with E-state index in [4.69, 9.17) is 18.9 Å². The third-order valence-corrected chi connectivity index (χ3v) is 11.2. The second-order valence-electron chi connectivity index (χ2n) is 16.9. The Labute approximate surface area is 373 Å². The summed E-state index contributed by atoms with van der Waals surface area (Å²) in [5, 5.41) is 40.2. The van der Waals surface area contributed by atoms with E-state index in [1.54, 1.807) is 0 Å². The Hall–Kier alpha value is -2.11. The smallest absolute Gasteiger partial charge is 0.306 e. The lowest BCUT2D eigenvalue weighted by Gasteiger charge is -2.39. The first-order valence-corrected chi connectivity index (χ1v) is 24.9. The molecule has 0 radical (unpaired) electrons. The lowest BCUT2D eigenvalue weighted by atomic mass is 9.99. The van der Waals surface area contributed by atoms with Gasteiger partial charge in [-0.2, -0.15) is 0 Å². The summed E-state index contributed by atoms with van der Waals surface area (Å²) in [6.07, 6.45) is 48.2. The van der Waals surface area contributed by atoms with E-state index in [1.807, 2.05) is 0 Å². The highest BCUT2D eigenvalue weighted by Crippen LogP contribution is 2.22. The van der Waals surface area contributed by atoms with Gasteiger partial charge in [0.15, 0.2) is 6.29 Å². The molecule has 1 saturated heterocycles. The van der Waals surface area contributed by atoms with E-state index in [0.29, 0.717) is 13.0 Å². The van der Waals surface area contributed by atoms with Gasteiger partial charge in [0, 0.05) is 13.0 Å². The van der Waals surface area contributed by atoms with E-state index in [-0.39, 0.29) is 19.2 Å². The first-order chi connectivity index (χ1) is 29.9. The van der Waals surface area contributed by atoms with Crippen LogP contribution in [0.15, 0.2) is 60.8 Å². The van der Waals surface area contributed by atoms with Crippen LogP contribution in [0, 0.1) is 0 Å². The highest BCUT2D eigenvalue weighted by molar-refractivity contribution is 5.69. The minimum Gasteiger partial charge on any atom is -0.457 e. The summed E-state index contributed by atoms with van der Waals surface area (Å²) in [5.41, 5.74) is 0. The molecule has 0 saturated carbocycles. The molecule has 0 aromatic heterocycles. The molecule has 0 bridgehead atoms. The molecule has 4 N–H and O–H groups in total. The van der Waals surface area contributed by atoms with Gasteiger partial charge in [0.05, 0.1) is 19.8 Å². The molecule has 9 heteroatoms. The van der Waals surface area contributed by atoms with E-state index < -0.39 is 43.4 Å². The van der Waals surface area contributed by atoms with E-state index >= 15 is 0 Å². The van der Waals surface area contributed by atoms with Crippen LogP contribution in [0.2, 0.25) is 0 Å². The number of hydrogen-bond acceptors (Lipinski definition) is 9. The molecular formula is C52H92O9. The number of carbonyl (C=O) groups excluding carboxylic acids is 1. The third kappa shape index (κ3) is 34.0. The Morgan fingerprint density at radius 2 is 0.967 bits per heavy atom. The molecule has 354 valence electrons. The van der Waals surface area contributed by atoms with Gasteiger partial charge < -0.3 is 39.4 Å². The quantitative estimate of drug-likeness (QED) is 0.0269. The van der Waals surface area contributed by atoms with E-state index in [1.165, 1.54) is 109 Å². The van der Waals surface area contributed by atoms with Crippen LogP contribution >= 0.6 is 0 Å². The van der Waals surface area contributed by atoms with Crippen LogP contribution in [0.5, 0.6) is 0 Å². The number of allylic oxidation sites excluding steroid dienone is 10. The van der Waals surface area contributed by atoms with E-state index in [2.05, 4.69) is 74.6 Å². The molecule has 0 aliphatic carbocycles. The largest absolute Gasteiger partial charge is 0.457 e. The number of aliphatic hydroxyl groups excluding tert-OH is 4. The molecule has 1 fully saturated rings. The topological polar surface area (TPSA) is 135 Å². The van der Waals surface area contributed by atoms with Crippen LogP contribution in [-0.2, 0) is 23.7 Å². The zero-order valence-electron chi connectivity index (χ0n) is 38.9. The Morgan fingerprint density at radius 1 is 0.525 bits per heavy atom. The predicted octanol–water partition coefficient (Wildman–Crippen LogP) is 11.9. The minimum absolute atomic E-state index is 0.123. The zero-order chi connectivity index (χ0) is 44.3. The minimum atomic E-state index is -1.54. The maximum absolute atomic E-state index is 12.8. The van der Waals surface area contributed by atoms with Crippen LogP contribution in [-0.4, -0.2) is 89.6 Å². The molecule has 0 spiro atoms. The Balaban J connectivity index is 2.23. The van der Waals surface area contributed by atoms with Crippen LogP contribution in [0.1, 0.15) is 200 Å². The molecular weight excluding hydrogens is 769 g/mol. The second kappa shape index (κ2) is 43.2. The molecule has 1 aliphatic rings. The van der Waals surface area contributed by atoms with Crippen molar-refractivity contribution in [2.45, 2.75) is 237 Å². The van der Waals surface area contributed by atoms with Crippen molar-refractivity contribution in [2.24, 2.45) is 0 Å². The lowest BCUT2D eigenvalue weighted by molar-refractivity contribution is -0.305. The fourth-order valence-electron chi connectivity index (χ4n) is 7.22. The van der Waals surface area contributed by atoms with Crippen molar-refractivity contribution in [3.05, 3.63) is 60.8 Å². The maximum Gasteiger partial charge on any atom is 0.306 e. The summed E-state index contributed by atoms with van der Waals surface area (Å²) >= 11 is 0. The van der Waals surface area contributed by atoms with Gasteiger partial charge in [-0.15, -0.1) is 0 Å². The Kier molecular flexibility index (Phi) is 40.3. The number of unbranched alkanes of at least 4 members (excludes halogenated alkanes) is 21. The second-order valence-corrected chi connectivity index (χ2v) is 16.9. The number of aliphatic hydroxyl groups is 4. The van der Waals surface area contributed by atoms with Crippen molar-refractivity contribution in [3.63, 3.8) is 0 Å². The predicted molar refractivity (Wildman–Crippen MR) is 251 cm³/mol. The summed E-state index contributed by atoms with van der Waals surface area (Å²) in [5.74, 6) is -0.326. The molecule has 9 nitrogen and oxygen atoms in total. The summed E-state index contributed by atoms with van der Waals surface area (Å²) in [6.45, 7) is 4.48. The normalized spacial score (nSPS) is 20.4. The summed E-state index contributed by atoms with van der Waals surface area (Å²) in [7, 11) is 0. The van der Waals surface area contributed by atoms with Gasteiger partial charge >= 0.3 is 5.97 Å². The highest BCUT2D eigenvalue weighted by atomic mass is 16.7. The van der Waals surface area contributed by atoms with Gasteiger partial charge in [-0.05, 0) is 77.0 Å². The van der Waals surface area contributed by atoms with Crippen LogP contribution < -0.4 is 0 Å². The number of ether oxygens (including phenoxy) is 4. The van der Waals surface area contributed by atoms with Gasteiger partial charge in [0.1, 0.15) is 30.5 Å². The first kappa shape index (κ1) is 56.9. The van der Waals surface area contributed by atoms with Gasteiger partial charge in [-0.25, -0.2) is 0 Å².